The van der Waals surface area contributed by atoms with Gasteiger partial charge in [0.2, 0.25) is 0 Å². The number of halogens is 1. The maximum atomic E-state index is 13.0. The molecule has 6 heteroatoms. The first-order chi connectivity index (χ1) is 10.8. The number of carbonyl (C=O) groups is 1. The molecule has 2 N–H and O–H groups in total. The first-order valence-corrected chi connectivity index (χ1v) is 7.54. The van der Waals surface area contributed by atoms with Crippen LogP contribution in [0, 0.1) is 18.2 Å². The Morgan fingerprint density at radius 2 is 2.00 bits per heavy atom. The van der Waals surface area contributed by atoms with E-state index >= 15 is 0 Å². The molecule has 0 aliphatic rings. The van der Waals surface area contributed by atoms with Gasteiger partial charge in [-0.15, -0.1) is 0 Å². The van der Waals surface area contributed by atoms with Crippen LogP contribution in [0.3, 0.4) is 0 Å². The van der Waals surface area contributed by atoms with Gasteiger partial charge in [-0.25, -0.2) is 9.07 Å². The van der Waals surface area contributed by atoms with Gasteiger partial charge in [-0.2, -0.15) is 5.10 Å². The summed E-state index contributed by atoms with van der Waals surface area (Å²) in [6.45, 7) is 6.33. The number of nitrogens with one attached hydrogen (secondary N) is 1. The molecule has 0 aliphatic heterocycles. The predicted molar refractivity (Wildman–Crippen MR) is 86.1 cm³/mol. The second kappa shape index (κ2) is 6.91. The summed E-state index contributed by atoms with van der Waals surface area (Å²) in [7, 11) is 0. The lowest BCUT2D eigenvalue weighted by Crippen LogP contribution is -2.34. The SMILES string of the molecule is Cc1cc(C(=O)NCC(C)(C)CCO)nn1-c1ccc(F)cc1. The van der Waals surface area contributed by atoms with E-state index in [1.54, 1.807) is 22.9 Å². The van der Waals surface area contributed by atoms with Crippen molar-refractivity contribution in [1.29, 1.82) is 0 Å². The number of benzene rings is 1. The van der Waals surface area contributed by atoms with Crippen LogP contribution in [0.15, 0.2) is 30.3 Å². The van der Waals surface area contributed by atoms with Crippen molar-refractivity contribution in [1.82, 2.24) is 15.1 Å². The maximum absolute atomic E-state index is 13.0. The molecule has 2 aromatic rings. The molecule has 0 saturated heterocycles. The predicted octanol–water partition coefficient (Wildman–Crippen LogP) is 2.46. The third-order valence-electron chi connectivity index (χ3n) is 3.71. The van der Waals surface area contributed by atoms with E-state index in [1.165, 1.54) is 12.1 Å². The van der Waals surface area contributed by atoms with E-state index in [-0.39, 0.29) is 23.7 Å². The van der Waals surface area contributed by atoms with Gasteiger partial charge in [0.05, 0.1) is 5.69 Å². The molecular formula is C17H22FN3O2. The van der Waals surface area contributed by atoms with E-state index < -0.39 is 0 Å². The second-order valence-corrected chi connectivity index (χ2v) is 6.38. The fourth-order valence-electron chi connectivity index (χ4n) is 2.23. The number of aliphatic hydroxyl groups is 1. The Balaban J connectivity index is 2.11. The number of carbonyl (C=O) groups excluding carboxylic acids is 1. The molecule has 23 heavy (non-hydrogen) atoms. The Hall–Kier alpha value is -2.21. The van der Waals surface area contributed by atoms with Crippen LogP contribution < -0.4 is 5.32 Å². The first-order valence-electron chi connectivity index (χ1n) is 7.54. The highest BCUT2D eigenvalue weighted by molar-refractivity contribution is 5.92. The van der Waals surface area contributed by atoms with Gasteiger partial charge in [-0.05, 0) is 49.1 Å². The van der Waals surface area contributed by atoms with Crippen molar-refractivity contribution >= 4 is 5.91 Å². The van der Waals surface area contributed by atoms with Crippen molar-refractivity contribution in [2.45, 2.75) is 27.2 Å². The number of nitrogens with zero attached hydrogens (tertiary/aromatic N) is 2. The van der Waals surface area contributed by atoms with E-state index in [0.717, 1.165) is 5.69 Å². The number of aromatic nitrogens is 2. The summed E-state index contributed by atoms with van der Waals surface area (Å²) in [5.74, 6) is -0.581. The summed E-state index contributed by atoms with van der Waals surface area (Å²) in [5, 5.41) is 16.1. The zero-order valence-corrected chi connectivity index (χ0v) is 13.6. The number of hydrogen-bond donors (Lipinski definition) is 2. The average Bonchev–Trinajstić information content (AvgIpc) is 2.88. The summed E-state index contributed by atoms with van der Waals surface area (Å²) in [4.78, 5) is 12.2. The summed E-state index contributed by atoms with van der Waals surface area (Å²) in [6, 6.07) is 7.63. The van der Waals surface area contributed by atoms with Gasteiger partial charge in [-0.3, -0.25) is 4.79 Å². The summed E-state index contributed by atoms with van der Waals surface area (Å²) >= 11 is 0. The van der Waals surface area contributed by atoms with Crippen LogP contribution in [0.5, 0.6) is 0 Å². The number of rotatable bonds is 6. The lowest BCUT2D eigenvalue weighted by atomic mass is 9.90. The van der Waals surface area contributed by atoms with Gasteiger partial charge in [0.15, 0.2) is 5.69 Å². The molecule has 0 bridgehead atoms. The smallest absolute Gasteiger partial charge is 0.271 e. The molecule has 0 aliphatic carbocycles. The van der Waals surface area contributed by atoms with Crippen molar-refractivity contribution < 1.29 is 14.3 Å². The Labute approximate surface area is 135 Å². The molecular weight excluding hydrogens is 297 g/mol. The normalized spacial score (nSPS) is 11.5. The summed E-state index contributed by atoms with van der Waals surface area (Å²) < 4.78 is 14.6. The van der Waals surface area contributed by atoms with Gasteiger partial charge in [-0.1, -0.05) is 13.8 Å². The van der Waals surface area contributed by atoms with E-state index in [0.29, 0.717) is 24.3 Å². The van der Waals surface area contributed by atoms with E-state index in [1.807, 2.05) is 20.8 Å². The topological polar surface area (TPSA) is 67.2 Å². The molecule has 1 amide bonds. The van der Waals surface area contributed by atoms with E-state index in [9.17, 15) is 9.18 Å². The van der Waals surface area contributed by atoms with Crippen LogP contribution in [0.4, 0.5) is 4.39 Å². The molecule has 1 aromatic heterocycles. The molecule has 5 nitrogen and oxygen atoms in total. The minimum atomic E-state index is -0.317. The molecule has 0 atom stereocenters. The van der Waals surface area contributed by atoms with Crippen molar-refractivity contribution in [2.75, 3.05) is 13.2 Å². The van der Waals surface area contributed by atoms with Gasteiger partial charge < -0.3 is 10.4 Å². The number of hydrogen-bond acceptors (Lipinski definition) is 3. The van der Waals surface area contributed by atoms with Crippen LogP contribution in [0.1, 0.15) is 36.5 Å². The van der Waals surface area contributed by atoms with Gasteiger partial charge in [0, 0.05) is 18.8 Å². The highest BCUT2D eigenvalue weighted by Gasteiger charge is 2.20. The van der Waals surface area contributed by atoms with Crippen molar-refractivity contribution in [3.05, 3.63) is 47.5 Å². The first kappa shape index (κ1) is 17.1. The van der Waals surface area contributed by atoms with Gasteiger partial charge in [0.1, 0.15) is 5.82 Å². The molecule has 124 valence electrons. The van der Waals surface area contributed by atoms with E-state index in [4.69, 9.17) is 5.11 Å². The van der Waals surface area contributed by atoms with Crippen LogP contribution in [-0.2, 0) is 0 Å². The van der Waals surface area contributed by atoms with Crippen LogP contribution >= 0.6 is 0 Å². The monoisotopic (exact) mass is 319 g/mol. The minimum Gasteiger partial charge on any atom is -0.396 e. The van der Waals surface area contributed by atoms with Crippen LogP contribution in [0.2, 0.25) is 0 Å². The Bertz CT molecular complexity index is 678. The van der Waals surface area contributed by atoms with Crippen molar-refractivity contribution in [3.8, 4) is 5.69 Å². The number of amides is 1. The molecule has 0 radical (unpaired) electrons. The zero-order valence-electron chi connectivity index (χ0n) is 13.6. The van der Waals surface area contributed by atoms with Crippen molar-refractivity contribution in [3.63, 3.8) is 0 Å². The minimum absolute atomic E-state index is 0.0845. The lowest BCUT2D eigenvalue weighted by Gasteiger charge is -2.23. The average molecular weight is 319 g/mol. The van der Waals surface area contributed by atoms with Crippen LogP contribution in [0.25, 0.3) is 5.69 Å². The largest absolute Gasteiger partial charge is 0.396 e. The van der Waals surface area contributed by atoms with Gasteiger partial charge in [0.25, 0.3) is 5.91 Å². The molecule has 0 unspecified atom stereocenters. The summed E-state index contributed by atoms with van der Waals surface area (Å²) in [5.41, 5.74) is 1.62. The molecule has 2 rings (SSSR count). The van der Waals surface area contributed by atoms with Crippen molar-refractivity contribution in [2.24, 2.45) is 5.41 Å². The fourth-order valence-corrected chi connectivity index (χ4v) is 2.23. The number of aliphatic hydroxyl groups excluding tert-OH is 1. The molecule has 1 aromatic carbocycles. The zero-order chi connectivity index (χ0) is 17.0. The number of aryl methyl sites for hydroxylation is 1. The Morgan fingerprint density at radius 1 is 1.35 bits per heavy atom. The Kier molecular flexibility index (Phi) is 5.15. The van der Waals surface area contributed by atoms with E-state index in [2.05, 4.69) is 10.4 Å². The quantitative estimate of drug-likeness (QED) is 0.859. The standard InChI is InChI=1S/C17H22FN3O2/c1-12-10-15(16(23)19-11-17(2,3)8-9-22)20-21(12)14-6-4-13(18)5-7-14/h4-7,10,22H,8-9,11H2,1-3H3,(H,19,23). The third kappa shape index (κ3) is 4.39. The van der Waals surface area contributed by atoms with Gasteiger partial charge >= 0.3 is 0 Å². The summed E-state index contributed by atoms with van der Waals surface area (Å²) in [6.07, 6.45) is 0.607. The molecule has 0 saturated carbocycles. The Morgan fingerprint density at radius 3 is 2.61 bits per heavy atom. The fraction of sp³-hybridized carbons (Fsp3) is 0.412. The molecule has 0 spiro atoms. The highest BCUT2D eigenvalue weighted by Crippen LogP contribution is 2.18. The molecule has 0 fully saturated rings. The maximum Gasteiger partial charge on any atom is 0.271 e. The molecule has 1 heterocycles. The lowest BCUT2D eigenvalue weighted by molar-refractivity contribution is 0.0922. The second-order valence-electron chi connectivity index (χ2n) is 6.38. The third-order valence-corrected chi connectivity index (χ3v) is 3.71. The van der Waals surface area contributed by atoms with Crippen LogP contribution in [-0.4, -0.2) is 33.9 Å². The highest BCUT2D eigenvalue weighted by atomic mass is 19.1.